The number of hydrogen-bond donors (Lipinski definition) is 1. The minimum absolute atomic E-state index is 0.00189. The van der Waals surface area contributed by atoms with E-state index >= 15 is 0 Å². The Morgan fingerprint density at radius 1 is 1.17 bits per heavy atom. The van der Waals surface area contributed by atoms with E-state index in [9.17, 15) is 14.2 Å². The number of aliphatic hydroxyl groups is 1. The zero-order valence-corrected chi connectivity index (χ0v) is 16.2. The SMILES string of the molecule is CCOP(=O)(OCN=[N+]=[N-])Oc1ccc2c3c(cccc13)C(=O)N(CCO)C2=O. The highest BCUT2D eigenvalue weighted by atomic mass is 31.2. The molecule has 1 atom stereocenters. The summed E-state index contributed by atoms with van der Waals surface area (Å²) in [6, 6.07) is 7.59. The minimum Gasteiger partial charge on any atom is -0.403 e. The van der Waals surface area contributed by atoms with E-state index in [1.54, 1.807) is 25.1 Å². The van der Waals surface area contributed by atoms with Crippen molar-refractivity contribution in [3.05, 3.63) is 51.9 Å². The summed E-state index contributed by atoms with van der Waals surface area (Å²) in [5, 5.41) is 13.0. The van der Waals surface area contributed by atoms with Crippen molar-refractivity contribution in [1.82, 2.24) is 4.90 Å². The number of aliphatic hydroxyl groups excluding tert-OH is 1. The number of nitrogens with zero attached hydrogens (tertiary/aromatic N) is 4. The number of hydrogen-bond acceptors (Lipinski definition) is 8. The van der Waals surface area contributed by atoms with E-state index in [4.69, 9.17) is 24.2 Å². The van der Waals surface area contributed by atoms with Gasteiger partial charge in [0.05, 0.1) is 19.8 Å². The predicted octanol–water partition coefficient (Wildman–Crippen LogP) is 3.24. The summed E-state index contributed by atoms with van der Waals surface area (Å²) in [5.41, 5.74) is 8.85. The van der Waals surface area contributed by atoms with Crippen LogP contribution < -0.4 is 4.52 Å². The molecule has 3 rings (SSSR count). The van der Waals surface area contributed by atoms with Crippen LogP contribution in [0.1, 0.15) is 27.6 Å². The topological polar surface area (TPSA) is 151 Å². The van der Waals surface area contributed by atoms with Crippen LogP contribution in [0.4, 0.5) is 0 Å². The highest BCUT2D eigenvalue weighted by molar-refractivity contribution is 7.48. The molecule has 0 aliphatic carbocycles. The van der Waals surface area contributed by atoms with E-state index < -0.39 is 26.4 Å². The van der Waals surface area contributed by atoms with Gasteiger partial charge in [0.1, 0.15) is 12.5 Å². The number of rotatable bonds is 9. The number of carbonyl (C=O) groups is 2. The molecule has 0 saturated heterocycles. The lowest BCUT2D eigenvalue weighted by Crippen LogP contribution is -2.41. The maximum Gasteiger partial charge on any atom is 0.530 e. The Labute approximate surface area is 165 Å². The molecule has 1 aliphatic heterocycles. The zero-order chi connectivity index (χ0) is 21.0. The van der Waals surface area contributed by atoms with Crippen LogP contribution in [0.3, 0.4) is 0 Å². The first-order valence-electron chi connectivity index (χ1n) is 8.58. The third kappa shape index (κ3) is 3.95. The van der Waals surface area contributed by atoms with Crippen molar-refractivity contribution in [2.24, 2.45) is 5.11 Å². The van der Waals surface area contributed by atoms with Gasteiger partial charge in [-0.05, 0) is 30.7 Å². The molecule has 0 fully saturated rings. The predicted molar refractivity (Wildman–Crippen MR) is 101 cm³/mol. The number of benzene rings is 2. The summed E-state index contributed by atoms with van der Waals surface area (Å²) >= 11 is 0. The smallest absolute Gasteiger partial charge is 0.403 e. The van der Waals surface area contributed by atoms with Crippen molar-refractivity contribution in [2.45, 2.75) is 6.92 Å². The van der Waals surface area contributed by atoms with Gasteiger partial charge in [-0.2, -0.15) is 0 Å². The molecule has 0 saturated carbocycles. The number of imide groups is 1. The summed E-state index contributed by atoms with van der Waals surface area (Å²) in [6.45, 7) is 0.532. The molecule has 1 aliphatic rings. The number of carbonyl (C=O) groups excluding carboxylic acids is 2. The molecule has 12 heteroatoms. The average molecular weight is 420 g/mol. The zero-order valence-electron chi connectivity index (χ0n) is 15.3. The first-order chi connectivity index (χ1) is 14.0. The van der Waals surface area contributed by atoms with Crippen LogP contribution in [0.25, 0.3) is 21.2 Å². The molecule has 0 radical (unpaired) electrons. The Hall–Kier alpha value is -2.94. The van der Waals surface area contributed by atoms with Crippen LogP contribution in [0, 0.1) is 0 Å². The Morgan fingerprint density at radius 3 is 2.55 bits per heavy atom. The van der Waals surface area contributed by atoms with E-state index in [-0.39, 0.29) is 36.6 Å². The number of β-amino-alcohol motifs (C(OH)–C–C–N with tert-alkyl or cyclic N) is 1. The van der Waals surface area contributed by atoms with Crippen molar-refractivity contribution < 1.29 is 32.8 Å². The quantitative estimate of drug-likeness (QED) is 0.215. The van der Waals surface area contributed by atoms with Gasteiger partial charge in [0.25, 0.3) is 11.8 Å². The van der Waals surface area contributed by atoms with Crippen molar-refractivity contribution in [2.75, 3.05) is 26.5 Å². The van der Waals surface area contributed by atoms with Crippen LogP contribution in [0.15, 0.2) is 35.4 Å². The van der Waals surface area contributed by atoms with Gasteiger partial charge in [0.15, 0.2) is 0 Å². The van der Waals surface area contributed by atoms with Gasteiger partial charge in [0, 0.05) is 26.8 Å². The highest BCUT2D eigenvalue weighted by Crippen LogP contribution is 2.51. The second-order valence-electron chi connectivity index (χ2n) is 5.77. The summed E-state index contributed by atoms with van der Waals surface area (Å²) in [5.74, 6) is -1.03. The molecule has 1 unspecified atom stereocenters. The second-order valence-corrected chi connectivity index (χ2v) is 7.36. The van der Waals surface area contributed by atoms with Gasteiger partial charge in [-0.1, -0.05) is 17.2 Å². The minimum atomic E-state index is -4.13. The molecular formula is C17H17N4O7P. The second kappa shape index (κ2) is 8.60. The molecule has 2 aromatic carbocycles. The Bertz CT molecular complexity index is 1040. The molecule has 152 valence electrons. The summed E-state index contributed by atoms with van der Waals surface area (Å²) in [6.07, 6.45) is 0. The van der Waals surface area contributed by atoms with Crippen molar-refractivity contribution >= 4 is 30.4 Å². The Kier molecular flexibility index (Phi) is 6.17. The average Bonchev–Trinajstić information content (AvgIpc) is 2.70. The highest BCUT2D eigenvalue weighted by Gasteiger charge is 2.35. The van der Waals surface area contributed by atoms with E-state index in [1.807, 2.05) is 0 Å². The number of phosphoric ester groups is 1. The Morgan fingerprint density at radius 2 is 1.90 bits per heavy atom. The van der Waals surface area contributed by atoms with Gasteiger partial charge in [-0.15, -0.1) is 0 Å². The third-order valence-corrected chi connectivity index (χ3v) is 5.54. The van der Waals surface area contributed by atoms with E-state index in [0.29, 0.717) is 10.8 Å². The molecule has 0 aromatic heterocycles. The molecule has 1 N–H and O–H groups in total. The maximum absolute atomic E-state index is 12.8. The third-order valence-electron chi connectivity index (χ3n) is 4.11. The number of amides is 2. The first-order valence-corrected chi connectivity index (χ1v) is 10.0. The van der Waals surface area contributed by atoms with Gasteiger partial charge >= 0.3 is 7.82 Å². The number of azide groups is 1. The van der Waals surface area contributed by atoms with E-state index in [2.05, 4.69) is 10.0 Å². The lowest BCUT2D eigenvalue weighted by Gasteiger charge is -2.27. The van der Waals surface area contributed by atoms with E-state index in [1.165, 1.54) is 12.1 Å². The number of phosphoric acid groups is 1. The largest absolute Gasteiger partial charge is 0.530 e. The van der Waals surface area contributed by atoms with Crippen LogP contribution >= 0.6 is 7.82 Å². The molecule has 2 amide bonds. The fourth-order valence-corrected chi connectivity index (χ4v) is 4.08. The lowest BCUT2D eigenvalue weighted by atomic mass is 9.93. The van der Waals surface area contributed by atoms with Crippen molar-refractivity contribution in [3.63, 3.8) is 0 Å². The van der Waals surface area contributed by atoms with Gasteiger partial charge < -0.3 is 9.63 Å². The van der Waals surface area contributed by atoms with Crippen LogP contribution in [0.2, 0.25) is 0 Å². The van der Waals surface area contributed by atoms with E-state index in [0.717, 1.165) is 4.90 Å². The molecule has 2 aromatic rings. The maximum atomic E-state index is 12.8. The summed E-state index contributed by atoms with van der Waals surface area (Å²) in [4.78, 5) is 28.8. The van der Waals surface area contributed by atoms with Crippen LogP contribution in [0.5, 0.6) is 5.75 Å². The molecule has 11 nitrogen and oxygen atoms in total. The standard InChI is InChI=1S/C17H17N4O7P/c1-2-26-29(25,27-10-19-20-18)28-14-7-6-13-15-11(14)4-3-5-12(15)16(23)21(8-9-22)17(13)24/h3-7,22H,2,8-10H2,1H3. The molecule has 1 heterocycles. The molecule has 0 bridgehead atoms. The molecule has 0 spiro atoms. The summed E-state index contributed by atoms with van der Waals surface area (Å²) in [7, 11) is -4.13. The lowest BCUT2D eigenvalue weighted by molar-refractivity contribution is 0.0580. The molecule has 29 heavy (non-hydrogen) atoms. The summed E-state index contributed by atoms with van der Waals surface area (Å²) < 4.78 is 28.3. The monoisotopic (exact) mass is 420 g/mol. The normalized spacial score (nSPS) is 15.2. The Balaban J connectivity index is 2.08. The first kappa shape index (κ1) is 20.8. The van der Waals surface area contributed by atoms with Crippen LogP contribution in [-0.2, 0) is 13.6 Å². The van der Waals surface area contributed by atoms with Crippen LogP contribution in [-0.4, -0.2) is 48.3 Å². The van der Waals surface area contributed by atoms with Gasteiger partial charge in [-0.25, -0.2) is 4.57 Å². The van der Waals surface area contributed by atoms with Gasteiger partial charge in [0.2, 0.25) is 0 Å². The van der Waals surface area contributed by atoms with Gasteiger partial charge in [-0.3, -0.25) is 23.5 Å². The molecular weight excluding hydrogens is 403 g/mol. The van der Waals surface area contributed by atoms with Crippen molar-refractivity contribution in [1.29, 1.82) is 0 Å². The van der Waals surface area contributed by atoms with Crippen molar-refractivity contribution in [3.8, 4) is 5.75 Å². The fourth-order valence-electron chi connectivity index (χ4n) is 2.99. The fraction of sp³-hybridized carbons (Fsp3) is 0.294.